The Labute approximate surface area is 157 Å². The Balaban J connectivity index is 1.77. The summed E-state index contributed by atoms with van der Waals surface area (Å²) in [6.07, 6.45) is 5.11. The molecule has 0 aliphatic heterocycles. The highest BCUT2D eigenvalue weighted by atomic mass is 35.5. The smallest absolute Gasteiger partial charge is 0.290 e. The van der Waals surface area contributed by atoms with Crippen LogP contribution in [0, 0.1) is 0 Å². The lowest BCUT2D eigenvalue weighted by atomic mass is 10.2. The first-order valence-corrected chi connectivity index (χ1v) is 8.61. The van der Waals surface area contributed by atoms with Gasteiger partial charge in [0.05, 0.1) is 19.4 Å². The standard InChI is InChI=1S/C19H20ClN3O3/c1-25-11-9-23(19(24)17-6-3-10-26-17)14-18-21-7-8-22(18)13-15-4-2-5-16(20)12-15/h2-8,10,12H,9,11,13-14H2,1H3. The molecule has 0 N–H and O–H groups in total. The maximum Gasteiger partial charge on any atom is 0.290 e. The number of hydrogen-bond donors (Lipinski definition) is 0. The van der Waals surface area contributed by atoms with Crippen molar-refractivity contribution in [2.45, 2.75) is 13.1 Å². The van der Waals surface area contributed by atoms with Crippen LogP contribution in [0.25, 0.3) is 0 Å². The number of hydrogen-bond acceptors (Lipinski definition) is 4. The van der Waals surface area contributed by atoms with E-state index in [9.17, 15) is 4.79 Å². The first-order valence-electron chi connectivity index (χ1n) is 8.23. The second-order valence-electron chi connectivity index (χ2n) is 5.80. The van der Waals surface area contributed by atoms with Crippen LogP contribution in [0.5, 0.6) is 0 Å². The maximum absolute atomic E-state index is 12.7. The number of furan rings is 1. The van der Waals surface area contributed by atoms with Crippen molar-refractivity contribution >= 4 is 17.5 Å². The van der Waals surface area contributed by atoms with Crippen molar-refractivity contribution in [3.8, 4) is 0 Å². The number of carbonyl (C=O) groups is 1. The van der Waals surface area contributed by atoms with E-state index in [-0.39, 0.29) is 5.91 Å². The second kappa shape index (κ2) is 8.69. The van der Waals surface area contributed by atoms with Gasteiger partial charge >= 0.3 is 0 Å². The number of rotatable bonds is 8. The fraction of sp³-hybridized carbons (Fsp3) is 0.263. The lowest BCUT2D eigenvalue weighted by Crippen LogP contribution is -2.34. The first-order chi connectivity index (χ1) is 12.7. The van der Waals surface area contributed by atoms with Crippen molar-refractivity contribution in [1.82, 2.24) is 14.5 Å². The van der Waals surface area contributed by atoms with E-state index in [0.29, 0.717) is 37.0 Å². The molecule has 0 spiro atoms. The molecule has 2 aromatic heterocycles. The van der Waals surface area contributed by atoms with Crippen molar-refractivity contribution in [1.29, 1.82) is 0 Å². The number of methoxy groups -OCH3 is 1. The van der Waals surface area contributed by atoms with Gasteiger partial charge in [0.25, 0.3) is 5.91 Å². The third-order valence-electron chi connectivity index (χ3n) is 3.96. The molecule has 6 nitrogen and oxygen atoms in total. The maximum atomic E-state index is 12.7. The van der Waals surface area contributed by atoms with Crippen molar-refractivity contribution in [3.05, 3.63) is 77.2 Å². The van der Waals surface area contributed by atoms with Crippen LogP contribution in [0.1, 0.15) is 21.9 Å². The molecule has 0 aliphatic carbocycles. The number of imidazole rings is 1. The van der Waals surface area contributed by atoms with Gasteiger partial charge in [-0.1, -0.05) is 23.7 Å². The van der Waals surface area contributed by atoms with E-state index in [2.05, 4.69) is 4.98 Å². The van der Waals surface area contributed by atoms with Gasteiger partial charge in [-0.05, 0) is 29.8 Å². The molecule has 0 unspecified atom stereocenters. The zero-order valence-corrected chi connectivity index (χ0v) is 15.2. The number of ether oxygens (including phenoxy) is 1. The van der Waals surface area contributed by atoms with Gasteiger partial charge in [-0.2, -0.15) is 0 Å². The minimum Gasteiger partial charge on any atom is -0.459 e. The summed E-state index contributed by atoms with van der Waals surface area (Å²) >= 11 is 6.06. The molecule has 0 atom stereocenters. The highest BCUT2D eigenvalue weighted by molar-refractivity contribution is 6.30. The van der Waals surface area contributed by atoms with Crippen LogP contribution in [0.3, 0.4) is 0 Å². The van der Waals surface area contributed by atoms with Crippen LogP contribution in [-0.2, 0) is 17.8 Å². The normalized spacial score (nSPS) is 10.8. The van der Waals surface area contributed by atoms with E-state index < -0.39 is 0 Å². The van der Waals surface area contributed by atoms with Crippen molar-refractivity contribution in [2.75, 3.05) is 20.3 Å². The Hall–Kier alpha value is -2.57. The summed E-state index contributed by atoms with van der Waals surface area (Å²) in [6.45, 7) is 1.86. The predicted octanol–water partition coefficient (Wildman–Crippen LogP) is 3.47. The lowest BCUT2D eigenvalue weighted by Gasteiger charge is -2.21. The van der Waals surface area contributed by atoms with Gasteiger partial charge in [0.15, 0.2) is 5.76 Å². The molecule has 0 saturated heterocycles. The van der Waals surface area contributed by atoms with Gasteiger partial charge in [0, 0.05) is 37.6 Å². The van der Waals surface area contributed by atoms with E-state index in [4.69, 9.17) is 20.8 Å². The van der Waals surface area contributed by atoms with Gasteiger partial charge in [0.2, 0.25) is 0 Å². The van der Waals surface area contributed by atoms with Gasteiger partial charge < -0.3 is 18.6 Å². The molecule has 3 rings (SSSR count). The molecule has 1 aromatic carbocycles. The summed E-state index contributed by atoms with van der Waals surface area (Å²) < 4.78 is 12.4. The molecular weight excluding hydrogens is 354 g/mol. The third-order valence-corrected chi connectivity index (χ3v) is 4.20. The predicted molar refractivity (Wildman–Crippen MR) is 98.1 cm³/mol. The molecule has 26 heavy (non-hydrogen) atoms. The molecule has 7 heteroatoms. The molecule has 0 radical (unpaired) electrons. The Bertz CT molecular complexity index is 845. The number of benzene rings is 1. The van der Waals surface area contributed by atoms with E-state index in [1.807, 2.05) is 35.0 Å². The molecule has 0 aliphatic rings. The molecule has 1 amide bonds. The zero-order chi connectivity index (χ0) is 18.4. The van der Waals surface area contributed by atoms with Crippen LogP contribution in [0.2, 0.25) is 5.02 Å². The number of carbonyl (C=O) groups excluding carboxylic acids is 1. The van der Waals surface area contributed by atoms with Crippen LogP contribution in [-0.4, -0.2) is 40.6 Å². The SMILES string of the molecule is COCCN(Cc1nccn1Cc1cccc(Cl)c1)C(=O)c1ccco1. The number of nitrogens with zero attached hydrogens (tertiary/aromatic N) is 3. The summed E-state index contributed by atoms with van der Waals surface area (Å²) in [5, 5.41) is 0.693. The third kappa shape index (κ3) is 4.53. The highest BCUT2D eigenvalue weighted by Gasteiger charge is 2.20. The summed E-state index contributed by atoms with van der Waals surface area (Å²) in [5.41, 5.74) is 1.07. The van der Waals surface area contributed by atoms with E-state index >= 15 is 0 Å². The first kappa shape index (κ1) is 18.2. The summed E-state index contributed by atoms with van der Waals surface area (Å²) in [6, 6.07) is 11.0. The molecule has 0 fully saturated rings. The Morgan fingerprint density at radius 2 is 2.23 bits per heavy atom. The number of amides is 1. The minimum atomic E-state index is -0.190. The summed E-state index contributed by atoms with van der Waals surface area (Å²) in [5.74, 6) is 0.888. The fourth-order valence-corrected chi connectivity index (χ4v) is 2.86. The van der Waals surface area contributed by atoms with Gasteiger partial charge in [-0.25, -0.2) is 4.98 Å². The molecule has 0 saturated carbocycles. The van der Waals surface area contributed by atoms with Crippen LogP contribution < -0.4 is 0 Å². The summed E-state index contributed by atoms with van der Waals surface area (Å²) in [4.78, 5) is 18.8. The van der Waals surface area contributed by atoms with Crippen molar-refractivity contribution in [2.24, 2.45) is 0 Å². The van der Waals surface area contributed by atoms with E-state index in [1.165, 1.54) is 6.26 Å². The molecule has 3 aromatic rings. The average Bonchev–Trinajstić information content (AvgIpc) is 3.30. The topological polar surface area (TPSA) is 60.5 Å². The Morgan fingerprint density at radius 3 is 2.96 bits per heavy atom. The molecule has 2 heterocycles. The van der Waals surface area contributed by atoms with E-state index in [1.54, 1.807) is 30.3 Å². The lowest BCUT2D eigenvalue weighted by molar-refractivity contribution is 0.0642. The Kier molecular flexibility index (Phi) is 6.09. The van der Waals surface area contributed by atoms with Gasteiger partial charge in [0.1, 0.15) is 5.82 Å². The second-order valence-corrected chi connectivity index (χ2v) is 6.23. The average molecular weight is 374 g/mol. The fourth-order valence-electron chi connectivity index (χ4n) is 2.65. The minimum absolute atomic E-state index is 0.190. The molecule has 136 valence electrons. The van der Waals surface area contributed by atoms with E-state index in [0.717, 1.165) is 11.4 Å². The quantitative estimate of drug-likeness (QED) is 0.606. The van der Waals surface area contributed by atoms with Gasteiger partial charge in [-0.3, -0.25) is 4.79 Å². The van der Waals surface area contributed by atoms with Crippen LogP contribution >= 0.6 is 11.6 Å². The number of halogens is 1. The molecular formula is C19H20ClN3O3. The Morgan fingerprint density at radius 1 is 1.35 bits per heavy atom. The monoisotopic (exact) mass is 373 g/mol. The summed E-state index contributed by atoms with van der Waals surface area (Å²) in [7, 11) is 1.61. The van der Waals surface area contributed by atoms with Crippen LogP contribution in [0.4, 0.5) is 0 Å². The van der Waals surface area contributed by atoms with Gasteiger partial charge in [-0.15, -0.1) is 0 Å². The molecule has 0 bridgehead atoms. The van der Waals surface area contributed by atoms with Crippen molar-refractivity contribution < 1.29 is 13.9 Å². The van der Waals surface area contributed by atoms with Crippen LogP contribution in [0.15, 0.2) is 59.5 Å². The zero-order valence-electron chi connectivity index (χ0n) is 14.5. The highest BCUT2D eigenvalue weighted by Crippen LogP contribution is 2.14. The number of aromatic nitrogens is 2. The van der Waals surface area contributed by atoms with Crippen molar-refractivity contribution in [3.63, 3.8) is 0 Å². The largest absolute Gasteiger partial charge is 0.459 e.